The number of fused-ring (bicyclic) bond motifs is 1. The molecule has 0 bridgehead atoms. The normalized spacial score (nSPS) is 23.5. The van der Waals surface area contributed by atoms with Gasteiger partial charge in [0.15, 0.2) is 0 Å². The minimum absolute atomic E-state index is 0. The Balaban J connectivity index is 0.00000337. The molecular weight excluding hydrogens is 541 g/mol. The maximum atomic E-state index is 12.9. The molecule has 4 heterocycles. The summed E-state index contributed by atoms with van der Waals surface area (Å²) >= 11 is 1.09. The van der Waals surface area contributed by atoms with Crippen molar-refractivity contribution in [3.05, 3.63) is 47.1 Å². The Morgan fingerprint density at radius 2 is 1.93 bits per heavy atom. The van der Waals surface area contributed by atoms with E-state index in [-0.39, 0.29) is 17.6 Å². The highest BCUT2D eigenvalue weighted by molar-refractivity contribution is 7.18. The number of aromatic nitrogens is 2. The van der Waals surface area contributed by atoms with Crippen molar-refractivity contribution in [2.24, 2.45) is 5.41 Å². The van der Waals surface area contributed by atoms with E-state index in [4.69, 9.17) is 4.74 Å². The first-order valence-electron chi connectivity index (χ1n) is 13.8. The lowest BCUT2D eigenvalue weighted by Gasteiger charge is -2.46. The first-order chi connectivity index (χ1) is 19.3. The molecule has 2 aromatic heterocycles. The van der Waals surface area contributed by atoms with Crippen molar-refractivity contribution in [2.75, 3.05) is 62.7 Å². The molecule has 1 saturated carbocycles. The standard InChI is InChI=1S/C28H33F3N6O2S.H2/c29-28(30,31)16-22-13-23-24(33-18-34-26(23)40-22)37-7-5-27(17-37)14-21(15-27)35-20-3-1-19(2-4-20)25(38)32-6-8-36-9-11-39-12-10-36;/h1-4,13,18,21,35H,5-12,14-17H2,(H,32,38);1H. The van der Waals surface area contributed by atoms with Gasteiger partial charge in [0, 0.05) is 62.9 Å². The van der Waals surface area contributed by atoms with Crippen LogP contribution in [0, 0.1) is 5.41 Å². The highest BCUT2D eigenvalue weighted by Gasteiger charge is 2.49. The van der Waals surface area contributed by atoms with Crippen LogP contribution in [-0.4, -0.2) is 85.5 Å². The van der Waals surface area contributed by atoms with Gasteiger partial charge in [-0.1, -0.05) is 0 Å². The van der Waals surface area contributed by atoms with Gasteiger partial charge >= 0.3 is 6.18 Å². The van der Waals surface area contributed by atoms with Gasteiger partial charge in [0.2, 0.25) is 0 Å². The van der Waals surface area contributed by atoms with Gasteiger partial charge in [-0.05, 0) is 55.0 Å². The topological polar surface area (TPSA) is 82.6 Å². The third kappa shape index (κ3) is 6.18. The first kappa shape index (κ1) is 27.2. The van der Waals surface area contributed by atoms with Gasteiger partial charge in [-0.2, -0.15) is 13.2 Å². The van der Waals surface area contributed by atoms with Crippen molar-refractivity contribution in [3.63, 3.8) is 0 Å². The molecular formula is C28H35F3N6O2S. The van der Waals surface area contributed by atoms with Crippen molar-refractivity contribution >= 4 is 39.0 Å². The second-order valence-electron chi connectivity index (χ2n) is 11.1. The number of carbonyl (C=O) groups excluding carboxylic acids is 1. The number of thiophene rings is 1. The number of rotatable bonds is 8. The first-order valence-corrected chi connectivity index (χ1v) is 14.6. The van der Waals surface area contributed by atoms with Crippen LogP contribution in [0.25, 0.3) is 10.2 Å². The Labute approximate surface area is 236 Å². The number of benzene rings is 1. The van der Waals surface area contributed by atoms with Crippen molar-refractivity contribution in [1.82, 2.24) is 20.2 Å². The van der Waals surface area contributed by atoms with Crippen molar-refractivity contribution in [3.8, 4) is 0 Å². The Morgan fingerprint density at radius 1 is 1.15 bits per heavy atom. The Bertz CT molecular complexity index is 1340. The zero-order chi connectivity index (χ0) is 27.7. The molecule has 1 aliphatic carbocycles. The highest BCUT2D eigenvalue weighted by Crippen LogP contribution is 2.50. The largest absolute Gasteiger partial charge is 0.393 e. The molecule has 2 aliphatic heterocycles. The molecule has 1 amide bonds. The molecule has 8 nitrogen and oxygen atoms in total. The maximum absolute atomic E-state index is 12.9. The van der Waals surface area contributed by atoms with Gasteiger partial charge in [0.05, 0.1) is 25.0 Å². The fraction of sp³-hybridized carbons (Fsp3) is 0.536. The van der Waals surface area contributed by atoms with Gasteiger partial charge in [-0.25, -0.2) is 9.97 Å². The number of nitrogens with one attached hydrogen (secondary N) is 2. The fourth-order valence-electron chi connectivity index (χ4n) is 6.17. The van der Waals surface area contributed by atoms with Crippen LogP contribution < -0.4 is 15.5 Å². The summed E-state index contributed by atoms with van der Waals surface area (Å²) in [7, 11) is 0. The fourth-order valence-corrected chi connectivity index (χ4v) is 7.20. The summed E-state index contributed by atoms with van der Waals surface area (Å²) in [5, 5.41) is 7.30. The van der Waals surface area contributed by atoms with Gasteiger partial charge in [-0.15, -0.1) is 11.3 Å². The molecule has 40 heavy (non-hydrogen) atoms. The lowest BCUT2D eigenvalue weighted by molar-refractivity contribution is -0.126. The summed E-state index contributed by atoms with van der Waals surface area (Å²) in [6.45, 7) is 6.41. The molecule has 12 heteroatoms. The molecule has 2 saturated heterocycles. The number of morpholine rings is 1. The third-order valence-electron chi connectivity index (χ3n) is 8.17. The van der Waals surface area contributed by atoms with Crippen molar-refractivity contribution in [1.29, 1.82) is 0 Å². The average Bonchev–Trinajstić information content (AvgIpc) is 3.53. The molecule has 1 aromatic carbocycles. The van der Waals surface area contributed by atoms with Gasteiger partial charge in [0.25, 0.3) is 5.91 Å². The van der Waals surface area contributed by atoms with Crippen LogP contribution in [0.5, 0.6) is 0 Å². The highest BCUT2D eigenvalue weighted by atomic mass is 32.1. The van der Waals surface area contributed by atoms with E-state index < -0.39 is 12.6 Å². The number of carbonyl (C=O) groups is 1. The average molecular weight is 577 g/mol. The monoisotopic (exact) mass is 576 g/mol. The van der Waals surface area contributed by atoms with Crippen LogP contribution in [0.4, 0.5) is 24.7 Å². The van der Waals surface area contributed by atoms with Crippen LogP contribution in [0.2, 0.25) is 0 Å². The molecule has 2 N–H and O–H groups in total. The Kier molecular flexibility index (Phi) is 7.58. The molecule has 0 unspecified atom stereocenters. The van der Waals surface area contributed by atoms with E-state index >= 15 is 0 Å². The van der Waals surface area contributed by atoms with Crippen LogP contribution in [0.1, 0.15) is 35.9 Å². The Morgan fingerprint density at radius 3 is 2.67 bits per heavy atom. The molecule has 3 aliphatic rings. The van der Waals surface area contributed by atoms with Crippen molar-refractivity contribution in [2.45, 2.75) is 37.9 Å². The summed E-state index contributed by atoms with van der Waals surface area (Å²) in [6, 6.07) is 9.56. The molecule has 3 fully saturated rings. The second kappa shape index (κ2) is 11.1. The summed E-state index contributed by atoms with van der Waals surface area (Å²) < 4.78 is 44.1. The number of hydrogen-bond acceptors (Lipinski definition) is 8. The number of alkyl halides is 3. The molecule has 0 radical (unpaired) electrons. The molecule has 1 spiro atoms. The molecule has 6 rings (SSSR count). The number of nitrogens with zero attached hydrogens (tertiary/aromatic N) is 4. The summed E-state index contributed by atoms with van der Waals surface area (Å²) in [4.78, 5) is 26.6. The second-order valence-corrected chi connectivity index (χ2v) is 12.2. The quantitative estimate of drug-likeness (QED) is 0.407. The van der Waals surface area contributed by atoms with Gasteiger partial charge < -0.3 is 20.3 Å². The van der Waals surface area contributed by atoms with E-state index in [9.17, 15) is 18.0 Å². The Hall–Kier alpha value is -2.96. The summed E-state index contributed by atoms with van der Waals surface area (Å²) in [5.74, 6) is 0.671. The molecule has 0 atom stereocenters. The van der Waals surface area contributed by atoms with Crippen molar-refractivity contribution < 1.29 is 24.1 Å². The lowest BCUT2D eigenvalue weighted by Crippen LogP contribution is -2.46. The summed E-state index contributed by atoms with van der Waals surface area (Å²) in [5.41, 5.74) is 1.82. The predicted octanol–water partition coefficient (Wildman–Crippen LogP) is 4.58. The third-order valence-corrected chi connectivity index (χ3v) is 9.21. The maximum Gasteiger partial charge on any atom is 0.393 e. The smallest absolute Gasteiger partial charge is 0.382 e. The van der Waals surface area contributed by atoms with E-state index in [0.717, 1.165) is 88.0 Å². The van der Waals surface area contributed by atoms with E-state index in [0.29, 0.717) is 28.4 Å². The number of halogens is 3. The van der Waals surface area contributed by atoms with E-state index in [1.807, 2.05) is 24.3 Å². The number of hydrogen-bond donors (Lipinski definition) is 2. The van der Waals surface area contributed by atoms with Crippen LogP contribution >= 0.6 is 11.3 Å². The van der Waals surface area contributed by atoms with Gasteiger partial charge in [0.1, 0.15) is 17.0 Å². The predicted molar refractivity (Wildman–Crippen MR) is 151 cm³/mol. The summed E-state index contributed by atoms with van der Waals surface area (Å²) in [6.07, 6.45) is -0.661. The van der Waals surface area contributed by atoms with E-state index in [2.05, 4.69) is 30.4 Å². The van der Waals surface area contributed by atoms with Crippen LogP contribution in [-0.2, 0) is 11.2 Å². The molecule has 216 valence electrons. The molecule has 3 aromatic rings. The van der Waals surface area contributed by atoms with Gasteiger partial charge in [-0.3, -0.25) is 9.69 Å². The van der Waals surface area contributed by atoms with E-state index in [1.165, 1.54) is 6.33 Å². The SMILES string of the molecule is O=C(NCCN1CCOCC1)c1ccc(NC2CC3(CCN(c4ncnc5sc(CC(F)(F)F)cc45)C3)C2)cc1.[HH]. The zero-order valence-corrected chi connectivity index (χ0v) is 23.0. The van der Waals surface area contributed by atoms with Crippen LogP contribution in [0.3, 0.4) is 0 Å². The number of amides is 1. The number of ether oxygens (including phenoxy) is 1. The minimum atomic E-state index is -4.24. The van der Waals surface area contributed by atoms with E-state index in [1.54, 1.807) is 6.07 Å². The van der Waals surface area contributed by atoms with Crippen LogP contribution in [0.15, 0.2) is 36.7 Å². The lowest BCUT2D eigenvalue weighted by atomic mass is 9.65. The number of anilines is 2. The zero-order valence-electron chi connectivity index (χ0n) is 22.2. The minimum Gasteiger partial charge on any atom is -0.382 e.